The fraction of sp³-hybridized carbons (Fsp3) is 0.500. The Kier molecular flexibility index (Phi) is 8.93. The van der Waals surface area contributed by atoms with Gasteiger partial charge in [-0.2, -0.15) is 0 Å². The Morgan fingerprint density at radius 1 is 1.13 bits per heavy atom. The van der Waals surface area contributed by atoms with Crippen LogP contribution >= 0.6 is 23.2 Å². The monoisotopic (exact) mass is 577 g/mol. The Balaban J connectivity index is 1.36. The Hall–Kier alpha value is -3.42. The zero-order valence-electron chi connectivity index (χ0n) is 21.9. The smallest absolute Gasteiger partial charge is 0.288 e. The van der Waals surface area contributed by atoms with Crippen LogP contribution in [0.5, 0.6) is 0 Å². The molecule has 0 unspecified atom stereocenters. The van der Waals surface area contributed by atoms with Gasteiger partial charge in [-0.05, 0) is 38.8 Å². The normalized spacial score (nSPS) is 19.3. The molecule has 2 aromatic heterocycles. The van der Waals surface area contributed by atoms with Crippen LogP contribution in [0.25, 0.3) is 0 Å². The van der Waals surface area contributed by atoms with Gasteiger partial charge in [0.25, 0.3) is 11.9 Å². The fourth-order valence-corrected chi connectivity index (χ4v) is 5.44. The number of hydrogen-bond acceptors (Lipinski definition) is 11. The van der Waals surface area contributed by atoms with Gasteiger partial charge in [0.15, 0.2) is 22.5 Å². The number of amidine groups is 1. The Morgan fingerprint density at radius 2 is 1.85 bits per heavy atom. The zero-order chi connectivity index (χ0) is 28.3. The number of rotatable bonds is 5. The number of aliphatic imine (C=N–C) groups is 1. The minimum absolute atomic E-state index is 0.00197. The second kappa shape index (κ2) is 12.2. The molecule has 7 N–H and O–H groups in total. The molecule has 2 aliphatic rings. The number of halogens is 2. The second-order valence-electron chi connectivity index (χ2n) is 9.44. The second-order valence-corrected chi connectivity index (χ2v) is 10.2. The lowest BCUT2D eigenvalue weighted by Gasteiger charge is -2.46. The minimum atomic E-state index is -0.374. The number of anilines is 3. The van der Waals surface area contributed by atoms with Crippen molar-refractivity contribution in [2.24, 2.45) is 10.7 Å². The molecule has 210 valence electrons. The van der Waals surface area contributed by atoms with E-state index in [0.29, 0.717) is 50.1 Å². The van der Waals surface area contributed by atoms with Crippen molar-refractivity contribution in [1.82, 2.24) is 24.8 Å². The molecule has 2 aromatic rings. The third-order valence-electron chi connectivity index (χ3n) is 6.92. The number of nitrogens with zero attached hydrogens (tertiary/aromatic N) is 7. The molecule has 0 bridgehead atoms. The number of piperidine rings is 1. The topological polar surface area (TPSA) is 189 Å². The first kappa shape index (κ1) is 28.6. The van der Waals surface area contributed by atoms with Crippen LogP contribution in [-0.2, 0) is 4.74 Å². The van der Waals surface area contributed by atoms with Crippen molar-refractivity contribution in [3.8, 4) is 0 Å². The van der Waals surface area contributed by atoms with Crippen LogP contribution < -0.4 is 22.1 Å². The summed E-state index contributed by atoms with van der Waals surface area (Å²) >= 11 is 12.3. The fourth-order valence-electron chi connectivity index (χ4n) is 5.04. The zero-order valence-corrected chi connectivity index (χ0v) is 23.4. The van der Waals surface area contributed by atoms with Crippen LogP contribution in [-0.4, -0.2) is 93.9 Å². The van der Waals surface area contributed by atoms with E-state index in [4.69, 9.17) is 50.5 Å². The molecule has 0 spiro atoms. The van der Waals surface area contributed by atoms with Gasteiger partial charge in [0.2, 0.25) is 5.90 Å². The highest BCUT2D eigenvalue weighted by atomic mass is 35.5. The molecule has 0 saturated carbocycles. The molecule has 1 amide bonds. The first-order chi connectivity index (χ1) is 18.6. The number of pyridine rings is 1. The lowest BCUT2D eigenvalue weighted by atomic mass is 9.99. The lowest BCUT2D eigenvalue weighted by Crippen LogP contribution is -2.58. The molecule has 2 aliphatic heterocycles. The largest absolute Gasteiger partial charge is 0.405 e. The quantitative estimate of drug-likeness (QED) is 0.231. The Labute approximate surface area is 236 Å². The van der Waals surface area contributed by atoms with Gasteiger partial charge in [0, 0.05) is 51.4 Å². The van der Waals surface area contributed by atoms with Crippen molar-refractivity contribution < 1.29 is 9.53 Å². The summed E-state index contributed by atoms with van der Waals surface area (Å²) in [6.45, 7) is 7.76. The molecule has 0 aromatic carbocycles. The summed E-state index contributed by atoms with van der Waals surface area (Å²) in [4.78, 5) is 35.9. The van der Waals surface area contributed by atoms with E-state index in [1.54, 1.807) is 19.1 Å². The Bertz CT molecular complexity index is 1270. The molecular formula is C24H33Cl2N11O2. The van der Waals surface area contributed by atoms with Crippen LogP contribution in [0, 0.1) is 5.41 Å². The van der Waals surface area contributed by atoms with Gasteiger partial charge in [-0.15, -0.1) is 0 Å². The number of aromatic nitrogens is 3. The summed E-state index contributed by atoms with van der Waals surface area (Å²) in [6, 6.07) is 3.59. The summed E-state index contributed by atoms with van der Waals surface area (Å²) in [5.74, 6) is 0.130. The predicted octanol–water partition coefficient (Wildman–Crippen LogP) is 1.83. The minimum Gasteiger partial charge on any atom is -0.405 e. The molecule has 39 heavy (non-hydrogen) atoms. The van der Waals surface area contributed by atoms with Gasteiger partial charge >= 0.3 is 0 Å². The van der Waals surface area contributed by atoms with E-state index in [1.165, 1.54) is 0 Å². The van der Waals surface area contributed by atoms with Gasteiger partial charge in [0.1, 0.15) is 11.0 Å². The van der Waals surface area contributed by atoms with Gasteiger partial charge in [0.05, 0.1) is 5.56 Å². The van der Waals surface area contributed by atoms with E-state index in [2.05, 4.69) is 31.8 Å². The molecule has 13 nitrogen and oxygen atoms in total. The highest BCUT2D eigenvalue weighted by molar-refractivity contribution is 6.32. The predicted molar refractivity (Wildman–Crippen MR) is 152 cm³/mol. The molecule has 0 radical (unpaired) electrons. The van der Waals surface area contributed by atoms with Crippen molar-refractivity contribution in [2.75, 3.05) is 55.6 Å². The third kappa shape index (κ3) is 6.43. The van der Waals surface area contributed by atoms with E-state index in [-0.39, 0.29) is 51.5 Å². The van der Waals surface area contributed by atoms with E-state index < -0.39 is 0 Å². The van der Waals surface area contributed by atoms with Crippen LogP contribution in [0.2, 0.25) is 10.3 Å². The lowest BCUT2D eigenvalue weighted by molar-refractivity contribution is 0.0526. The van der Waals surface area contributed by atoms with Crippen molar-refractivity contribution in [3.63, 3.8) is 0 Å². The molecular weight excluding hydrogens is 545 g/mol. The summed E-state index contributed by atoms with van der Waals surface area (Å²) in [6.07, 6.45) is 1.71. The van der Waals surface area contributed by atoms with Crippen LogP contribution in [0.3, 0.4) is 0 Å². The molecule has 4 rings (SSSR count). The maximum absolute atomic E-state index is 13.0. The molecule has 4 heterocycles. The summed E-state index contributed by atoms with van der Waals surface area (Å²) in [7, 11) is 0. The van der Waals surface area contributed by atoms with Gasteiger partial charge < -0.3 is 31.7 Å². The molecule has 1 atom stereocenters. The third-order valence-corrected chi connectivity index (χ3v) is 7.38. The number of nitrogens with one attached hydrogen (secondary N) is 1. The van der Waals surface area contributed by atoms with Crippen molar-refractivity contribution in [3.05, 3.63) is 33.7 Å². The number of likely N-dealkylation sites (tertiary alicyclic amines) is 1. The average molecular weight is 579 g/mol. The summed E-state index contributed by atoms with van der Waals surface area (Å²) in [5, 5.41) is 8.48. The van der Waals surface area contributed by atoms with Gasteiger partial charge in [-0.25, -0.2) is 19.9 Å². The van der Waals surface area contributed by atoms with Crippen LogP contribution in [0.4, 0.5) is 17.5 Å². The molecule has 0 aliphatic carbocycles. The summed E-state index contributed by atoms with van der Waals surface area (Å²) in [5.41, 5.74) is 18.0. The van der Waals surface area contributed by atoms with E-state index in [9.17, 15) is 4.79 Å². The van der Waals surface area contributed by atoms with E-state index in [0.717, 1.165) is 19.4 Å². The number of amides is 1. The van der Waals surface area contributed by atoms with E-state index in [1.807, 2.05) is 9.80 Å². The number of ether oxygens (including phenoxy) is 1. The first-order valence-electron chi connectivity index (χ1n) is 12.7. The highest BCUT2D eigenvalue weighted by Crippen LogP contribution is 2.29. The number of nitrogens with two attached hydrogens (primary N) is 3. The SMILES string of the molecule is CCN=C(N)OC(=N)c1nc(Cl)c(N2CCN(C3CCN(C(=O)c4ccc(Cl)nc4N)CC3)[C@@H](C)C2)nc1N. The molecule has 2 saturated heterocycles. The number of carbonyl (C=O) groups is 1. The first-order valence-corrected chi connectivity index (χ1v) is 13.5. The number of nitrogen functional groups attached to an aromatic ring is 2. The molecule has 2 fully saturated rings. The van der Waals surface area contributed by atoms with Crippen molar-refractivity contribution in [1.29, 1.82) is 5.41 Å². The maximum atomic E-state index is 13.0. The van der Waals surface area contributed by atoms with Crippen LogP contribution in [0.15, 0.2) is 17.1 Å². The van der Waals surface area contributed by atoms with Crippen LogP contribution in [0.1, 0.15) is 42.7 Å². The average Bonchev–Trinajstić information content (AvgIpc) is 2.89. The van der Waals surface area contributed by atoms with Crippen molar-refractivity contribution in [2.45, 2.75) is 38.8 Å². The van der Waals surface area contributed by atoms with Crippen molar-refractivity contribution >= 4 is 58.5 Å². The van der Waals surface area contributed by atoms with E-state index >= 15 is 0 Å². The molecule has 15 heteroatoms. The van der Waals surface area contributed by atoms with Gasteiger partial charge in [-0.3, -0.25) is 15.1 Å². The summed E-state index contributed by atoms with van der Waals surface area (Å²) < 4.78 is 5.16. The Morgan fingerprint density at radius 3 is 2.49 bits per heavy atom. The highest BCUT2D eigenvalue weighted by Gasteiger charge is 2.34. The number of hydrogen-bond donors (Lipinski definition) is 4. The maximum Gasteiger partial charge on any atom is 0.288 e. The number of piperazine rings is 1. The standard InChI is InChI=1S/C24H33Cl2N11O2/c1-3-31-24(30)39-21(29)17-20(28)34-22(18(26)33-17)36-10-11-37(13(2)12-36)14-6-8-35(9-7-14)23(38)15-4-5-16(25)32-19(15)27/h4-5,13-14,29H,3,6-12H2,1-2H3,(H2,27,32)(H2,28,34)(H2,30,31)/t13-/m0/s1. The van der Waals surface area contributed by atoms with Gasteiger partial charge in [-0.1, -0.05) is 23.2 Å². The number of carbonyl (C=O) groups excluding carboxylic acids is 1.